The topological polar surface area (TPSA) is 57.6 Å². The Hall–Kier alpha value is -1.06. The molecule has 0 unspecified atom stereocenters. The maximum absolute atomic E-state index is 11.8. The van der Waals surface area contributed by atoms with E-state index >= 15 is 0 Å². The third kappa shape index (κ3) is 5.71. The largest absolute Gasteiger partial charge is 0.481 e. The van der Waals surface area contributed by atoms with E-state index in [0.29, 0.717) is 19.4 Å². The van der Waals surface area contributed by atoms with E-state index in [1.807, 2.05) is 0 Å². The molecule has 0 atom stereocenters. The molecule has 1 amide bonds. The number of hydrogen-bond acceptors (Lipinski definition) is 2. The predicted molar refractivity (Wildman–Crippen MR) is 65.7 cm³/mol. The molecule has 1 fully saturated rings. The van der Waals surface area contributed by atoms with E-state index in [9.17, 15) is 9.59 Å². The molecule has 98 valence electrons. The van der Waals surface area contributed by atoms with Crippen molar-refractivity contribution in [3.05, 3.63) is 0 Å². The summed E-state index contributed by atoms with van der Waals surface area (Å²) < 4.78 is 0. The summed E-state index contributed by atoms with van der Waals surface area (Å²) in [5.74, 6) is 0.102. The van der Waals surface area contributed by atoms with Crippen molar-refractivity contribution in [3.8, 4) is 0 Å². The van der Waals surface area contributed by atoms with Crippen LogP contribution in [0.15, 0.2) is 0 Å². The van der Waals surface area contributed by atoms with Gasteiger partial charge < -0.3 is 10.0 Å². The molecule has 1 saturated carbocycles. The van der Waals surface area contributed by atoms with Crippen molar-refractivity contribution >= 4 is 11.9 Å². The lowest BCUT2D eigenvalue weighted by Crippen LogP contribution is -2.28. The standard InChI is InChI=1S/C13H23NO3/c1-14(10-4-7-13(16)17)12(15)9-8-11-5-2-3-6-11/h11H,2-10H2,1H3,(H,16,17). The SMILES string of the molecule is CN(CCCC(=O)O)C(=O)CCC1CCCC1. The molecule has 0 spiro atoms. The molecule has 1 rings (SSSR count). The second kappa shape index (κ2) is 7.30. The highest BCUT2D eigenvalue weighted by Crippen LogP contribution is 2.28. The van der Waals surface area contributed by atoms with Crippen LogP contribution in [-0.2, 0) is 9.59 Å². The fraction of sp³-hybridized carbons (Fsp3) is 0.846. The van der Waals surface area contributed by atoms with E-state index in [-0.39, 0.29) is 12.3 Å². The van der Waals surface area contributed by atoms with Gasteiger partial charge in [-0.1, -0.05) is 25.7 Å². The minimum atomic E-state index is -0.795. The number of carbonyl (C=O) groups is 2. The first-order valence-corrected chi connectivity index (χ1v) is 6.55. The number of carbonyl (C=O) groups excluding carboxylic acids is 1. The Kier molecular flexibility index (Phi) is 6.01. The van der Waals surface area contributed by atoms with Crippen LogP contribution in [0.1, 0.15) is 51.4 Å². The fourth-order valence-electron chi connectivity index (χ4n) is 2.41. The third-order valence-corrected chi connectivity index (χ3v) is 3.55. The number of carboxylic acid groups (broad SMARTS) is 1. The first kappa shape index (κ1) is 14.0. The number of hydrogen-bond donors (Lipinski definition) is 1. The van der Waals surface area contributed by atoms with Gasteiger partial charge in [-0.25, -0.2) is 0 Å². The van der Waals surface area contributed by atoms with Crippen LogP contribution < -0.4 is 0 Å². The molecule has 1 aliphatic rings. The predicted octanol–water partition coefficient (Wildman–Crippen LogP) is 2.28. The van der Waals surface area contributed by atoms with Crippen LogP contribution in [-0.4, -0.2) is 35.5 Å². The van der Waals surface area contributed by atoms with Gasteiger partial charge >= 0.3 is 5.97 Å². The van der Waals surface area contributed by atoms with Crippen molar-refractivity contribution in [1.29, 1.82) is 0 Å². The number of aliphatic carboxylic acids is 1. The lowest BCUT2D eigenvalue weighted by molar-refractivity contribution is -0.138. The molecular formula is C13H23NO3. The highest BCUT2D eigenvalue weighted by molar-refractivity contribution is 5.75. The van der Waals surface area contributed by atoms with E-state index in [0.717, 1.165) is 12.3 Å². The lowest BCUT2D eigenvalue weighted by Gasteiger charge is -2.17. The molecule has 0 aliphatic heterocycles. The molecule has 0 aromatic heterocycles. The highest BCUT2D eigenvalue weighted by Gasteiger charge is 2.17. The molecule has 1 aliphatic carbocycles. The Morgan fingerprint density at radius 3 is 2.47 bits per heavy atom. The third-order valence-electron chi connectivity index (χ3n) is 3.55. The Bertz CT molecular complexity index is 259. The second-order valence-corrected chi connectivity index (χ2v) is 5.00. The minimum Gasteiger partial charge on any atom is -0.481 e. The van der Waals surface area contributed by atoms with Crippen molar-refractivity contribution < 1.29 is 14.7 Å². The summed E-state index contributed by atoms with van der Waals surface area (Å²) in [6.45, 7) is 0.551. The normalized spacial score (nSPS) is 16.1. The van der Waals surface area contributed by atoms with Crippen molar-refractivity contribution in [1.82, 2.24) is 4.90 Å². The van der Waals surface area contributed by atoms with Crippen LogP contribution >= 0.6 is 0 Å². The zero-order valence-electron chi connectivity index (χ0n) is 10.7. The number of rotatable bonds is 7. The molecule has 0 saturated heterocycles. The summed E-state index contributed by atoms with van der Waals surface area (Å²) in [4.78, 5) is 23.8. The zero-order chi connectivity index (χ0) is 12.7. The van der Waals surface area contributed by atoms with E-state index in [1.54, 1.807) is 11.9 Å². The van der Waals surface area contributed by atoms with Crippen molar-refractivity contribution in [2.45, 2.75) is 51.4 Å². The van der Waals surface area contributed by atoms with Gasteiger partial charge in [0, 0.05) is 26.4 Å². The summed E-state index contributed by atoms with van der Waals surface area (Å²) in [6, 6.07) is 0. The molecule has 1 N–H and O–H groups in total. The Morgan fingerprint density at radius 2 is 1.88 bits per heavy atom. The molecule has 0 bridgehead atoms. The summed E-state index contributed by atoms with van der Waals surface area (Å²) in [5, 5.41) is 8.51. The van der Waals surface area contributed by atoms with Gasteiger partial charge in [-0.2, -0.15) is 0 Å². The Balaban J connectivity index is 2.10. The smallest absolute Gasteiger partial charge is 0.303 e. The van der Waals surface area contributed by atoms with Gasteiger partial charge in [0.2, 0.25) is 5.91 Å². The number of nitrogens with zero attached hydrogens (tertiary/aromatic N) is 1. The average Bonchev–Trinajstić information content (AvgIpc) is 2.78. The van der Waals surface area contributed by atoms with E-state index < -0.39 is 5.97 Å². The van der Waals surface area contributed by atoms with Gasteiger partial charge in [0.25, 0.3) is 0 Å². The van der Waals surface area contributed by atoms with Crippen LogP contribution in [0, 0.1) is 5.92 Å². The Morgan fingerprint density at radius 1 is 1.24 bits per heavy atom. The molecule has 0 aromatic rings. The summed E-state index contributed by atoms with van der Waals surface area (Å²) >= 11 is 0. The van der Waals surface area contributed by atoms with Crippen molar-refractivity contribution in [3.63, 3.8) is 0 Å². The van der Waals surface area contributed by atoms with Crippen LogP contribution in [0.2, 0.25) is 0 Å². The highest BCUT2D eigenvalue weighted by atomic mass is 16.4. The van der Waals surface area contributed by atoms with E-state index in [1.165, 1.54) is 25.7 Å². The summed E-state index contributed by atoms with van der Waals surface area (Å²) in [5.41, 5.74) is 0. The Labute approximate surface area is 103 Å². The van der Waals surface area contributed by atoms with Crippen LogP contribution in [0.25, 0.3) is 0 Å². The first-order chi connectivity index (χ1) is 8.09. The number of carboxylic acids is 1. The molecule has 0 heterocycles. The molecule has 0 aromatic carbocycles. The summed E-state index contributed by atoms with van der Waals surface area (Å²) in [7, 11) is 1.76. The maximum Gasteiger partial charge on any atom is 0.303 e. The average molecular weight is 241 g/mol. The molecule has 4 nitrogen and oxygen atoms in total. The van der Waals surface area contributed by atoms with Gasteiger partial charge in [-0.05, 0) is 18.8 Å². The van der Waals surface area contributed by atoms with Gasteiger partial charge in [0.05, 0.1) is 0 Å². The second-order valence-electron chi connectivity index (χ2n) is 5.00. The van der Waals surface area contributed by atoms with Crippen LogP contribution in [0.5, 0.6) is 0 Å². The minimum absolute atomic E-state index is 0.139. The molecule has 0 radical (unpaired) electrons. The molecule has 17 heavy (non-hydrogen) atoms. The number of amides is 1. The lowest BCUT2D eigenvalue weighted by atomic mass is 10.0. The molecule has 4 heteroatoms. The molecular weight excluding hydrogens is 218 g/mol. The van der Waals surface area contributed by atoms with Crippen molar-refractivity contribution in [2.75, 3.05) is 13.6 Å². The summed E-state index contributed by atoms with van der Waals surface area (Å²) in [6.07, 6.45) is 7.48. The van der Waals surface area contributed by atoms with Crippen molar-refractivity contribution in [2.24, 2.45) is 5.92 Å². The van der Waals surface area contributed by atoms with Gasteiger partial charge in [0.15, 0.2) is 0 Å². The van der Waals surface area contributed by atoms with E-state index in [4.69, 9.17) is 5.11 Å². The quantitative estimate of drug-likeness (QED) is 0.744. The maximum atomic E-state index is 11.8. The zero-order valence-corrected chi connectivity index (χ0v) is 10.7. The van der Waals surface area contributed by atoms with Gasteiger partial charge in [-0.15, -0.1) is 0 Å². The van der Waals surface area contributed by atoms with Crippen LogP contribution in [0.3, 0.4) is 0 Å². The monoisotopic (exact) mass is 241 g/mol. The van der Waals surface area contributed by atoms with Crippen LogP contribution in [0.4, 0.5) is 0 Å². The first-order valence-electron chi connectivity index (χ1n) is 6.55. The fourth-order valence-corrected chi connectivity index (χ4v) is 2.41. The van der Waals surface area contributed by atoms with Gasteiger partial charge in [-0.3, -0.25) is 9.59 Å². The van der Waals surface area contributed by atoms with Gasteiger partial charge in [0.1, 0.15) is 0 Å². The van der Waals surface area contributed by atoms with E-state index in [2.05, 4.69) is 0 Å².